The molecule has 7 heteroatoms. The molecular weight excluding hydrogens is 324 g/mol. The summed E-state index contributed by atoms with van der Waals surface area (Å²) < 4.78 is 23.1. The van der Waals surface area contributed by atoms with Gasteiger partial charge in [0.1, 0.15) is 9.84 Å². The minimum absolute atomic E-state index is 0.0780. The van der Waals surface area contributed by atoms with Crippen molar-refractivity contribution < 1.29 is 8.42 Å². The molecular formula is C17H34N4O2S. The summed E-state index contributed by atoms with van der Waals surface area (Å²) in [7, 11) is -1.16. The molecule has 0 amide bonds. The number of hydrogen-bond acceptors (Lipinski definition) is 4. The normalized spacial score (nSPS) is 24.6. The van der Waals surface area contributed by atoms with Crippen LogP contribution in [0.5, 0.6) is 0 Å². The lowest BCUT2D eigenvalue weighted by molar-refractivity contribution is 0.147. The first-order chi connectivity index (χ1) is 11.4. The van der Waals surface area contributed by atoms with Crippen molar-refractivity contribution in [1.29, 1.82) is 0 Å². The number of guanidine groups is 1. The number of nitrogens with zero attached hydrogens (tertiary/aromatic N) is 2. The fourth-order valence-electron chi connectivity index (χ4n) is 3.73. The second-order valence-electron chi connectivity index (χ2n) is 7.52. The van der Waals surface area contributed by atoms with Gasteiger partial charge in [0.25, 0.3) is 0 Å². The van der Waals surface area contributed by atoms with Gasteiger partial charge in [-0.15, -0.1) is 0 Å². The minimum Gasteiger partial charge on any atom is -0.356 e. The maximum atomic E-state index is 11.5. The lowest BCUT2D eigenvalue weighted by Crippen LogP contribution is -2.47. The highest BCUT2D eigenvalue weighted by Gasteiger charge is 2.45. The third-order valence-corrected chi connectivity index (χ3v) is 6.43. The molecule has 0 aromatic carbocycles. The lowest BCUT2D eigenvalue weighted by atomic mass is 10.0. The standard InChI is InChI=1S/C17H34N4O2S/c1-4-15-7-5-6-11-21(15)12-10-19-16(18-2)20-13-17(8-9-17)14-24(3,22)23/h15H,4-14H2,1-3H3,(H2,18,19,20). The van der Waals surface area contributed by atoms with Crippen LogP contribution in [0.2, 0.25) is 0 Å². The average Bonchev–Trinajstić information content (AvgIpc) is 3.28. The van der Waals surface area contributed by atoms with Gasteiger partial charge in [-0.05, 0) is 38.6 Å². The minimum atomic E-state index is -2.92. The van der Waals surface area contributed by atoms with Crippen LogP contribution in [0.25, 0.3) is 0 Å². The van der Waals surface area contributed by atoms with E-state index in [0.29, 0.717) is 6.54 Å². The zero-order chi connectivity index (χ0) is 17.6. The van der Waals surface area contributed by atoms with Crippen LogP contribution >= 0.6 is 0 Å². The van der Waals surface area contributed by atoms with Gasteiger partial charge in [0.05, 0.1) is 5.75 Å². The summed E-state index contributed by atoms with van der Waals surface area (Å²) in [4.78, 5) is 6.84. The van der Waals surface area contributed by atoms with Crippen molar-refractivity contribution >= 4 is 15.8 Å². The van der Waals surface area contributed by atoms with Gasteiger partial charge < -0.3 is 10.6 Å². The molecule has 1 saturated carbocycles. The molecule has 24 heavy (non-hydrogen) atoms. The molecule has 2 rings (SSSR count). The lowest BCUT2D eigenvalue weighted by Gasteiger charge is -2.35. The first-order valence-corrected chi connectivity index (χ1v) is 11.3. The quantitative estimate of drug-likeness (QED) is 0.504. The monoisotopic (exact) mass is 358 g/mol. The highest BCUT2D eigenvalue weighted by molar-refractivity contribution is 7.90. The number of nitrogens with one attached hydrogen (secondary N) is 2. The molecule has 1 heterocycles. The summed E-state index contributed by atoms with van der Waals surface area (Å²) in [6.45, 7) is 6.06. The fourth-order valence-corrected chi connectivity index (χ4v) is 5.23. The average molecular weight is 359 g/mol. The first kappa shape index (κ1) is 19.5. The van der Waals surface area contributed by atoms with Gasteiger partial charge in [-0.2, -0.15) is 0 Å². The van der Waals surface area contributed by atoms with Crippen LogP contribution < -0.4 is 10.6 Å². The largest absolute Gasteiger partial charge is 0.356 e. The molecule has 0 aromatic heterocycles. The van der Waals surface area contributed by atoms with E-state index >= 15 is 0 Å². The molecule has 1 unspecified atom stereocenters. The highest BCUT2D eigenvalue weighted by atomic mass is 32.2. The van der Waals surface area contributed by atoms with Crippen LogP contribution in [0.1, 0.15) is 45.4 Å². The number of rotatable bonds is 8. The van der Waals surface area contributed by atoms with E-state index in [-0.39, 0.29) is 11.2 Å². The maximum Gasteiger partial charge on any atom is 0.191 e. The van der Waals surface area contributed by atoms with Gasteiger partial charge in [0.15, 0.2) is 5.96 Å². The van der Waals surface area contributed by atoms with Crippen LogP contribution in [0.3, 0.4) is 0 Å². The fraction of sp³-hybridized carbons (Fsp3) is 0.941. The molecule has 140 valence electrons. The Morgan fingerprint density at radius 1 is 1.29 bits per heavy atom. The van der Waals surface area contributed by atoms with E-state index < -0.39 is 9.84 Å². The van der Waals surface area contributed by atoms with Crippen LogP contribution in [0.4, 0.5) is 0 Å². The Bertz CT molecular complexity index is 529. The number of likely N-dealkylation sites (tertiary alicyclic amines) is 1. The molecule has 0 radical (unpaired) electrons. The van der Waals surface area contributed by atoms with E-state index in [9.17, 15) is 8.42 Å². The molecule has 1 saturated heterocycles. The van der Waals surface area contributed by atoms with E-state index in [2.05, 4.69) is 27.4 Å². The van der Waals surface area contributed by atoms with Crippen molar-refractivity contribution in [3.63, 3.8) is 0 Å². The summed E-state index contributed by atoms with van der Waals surface area (Å²) in [5.74, 6) is 1.05. The third-order valence-electron chi connectivity index (χ3n) is 5.29. The van der Waals surface area contributed by atoms with Crippen molar-refractivity contribution in [2.45, 2.75) is 51.5 Å². The number of aliphatic imine (C=N–C) groups is 1. The van der Waals surface area contributed by atoms with E-state index in [1.165, 1.54) is 38.5 Å². The molecule has 1 aliphatic heterocycles. The Hall–Kier alpha value is -0.820. The van der Waals surface area contributed by atoms with Gasteiger partial charge in [-0.1, -0.05) is 13.3 Å². The Morgan fingerprint density at radius 3 is 2.62 bits per heavy atom. The molecule has 0 bridgehead atoms. The van der Waals surface area contributed by atoms with Crippen molar-refractivity contribution in [1.82, 2.24) is 15.5 Å². The number of piperidine rings is 1. The Balaban J connectivity index is 1.71. The summed E-state index contributed by atoms with van der Waals surface area (Å²) in [5, 5.41) is 6.69. The van der Waals surface area contributed by atoms with E-state index in [4.69, 9.17) is 0 Å². The van der Waals surface area contributed by atoms with Crippen molar-refractivity contribution in [3.8, 4) is 0 Å². The molecule has 2 N–H and O–H groups in total. The van der Waals surface area contributed by atoms with Gasteiger partial charge in [-0.3, -0.25) is 9.89 Å². The zero-order valence-corrected chi connectivity index (χ0v) is 16.3. The van der Waals surface area contributed by atoms with E-state index in [1.54, 1.807) is 7.05 Å². The Kier molecular flexibility index (Phi) is 6.92. The molecule has 0 aromatic rings. The maximum absolute atomic E-state index is 11.5. The number of hydrogen-bond donors (Lipinski definition) is 2. The van der Waals surface area contributed by atoms with Crippen molar-refractivity contribution in [2.75, 3.05) is 45.2 Å². The Labute approximate surface area is 147 Å². The topological polar surface area (TPSA) is 73.8 Å². The second kappa shape index (κ2) is 8.52. The van der Waals surface area contributed by atoms with E-state index in [1.807, 2.05) is 0 Å². The summed E-state index contributed by atoms with van der Waals surface area (Å²) in [6, 6.07) is 0.722. The second-order valence-corrected chi connectivity index (χ2v) is 9.66. The number of sulfone groups is 1. The van der Waals surface area contributed by atoms with Crippen molar-refractivity contribution in [3.05, 3.63) is 0 Å². The summed E-state index contributed by atoms with van der Waals surface area (Å²) in [5.41, 5.74) is -0.0780. The smallest absolute Gasteiger partial charge is 0.191 e. The molecule has 1 atom stereocenters. The Morgan fingerprint density at radius 2 is 2.04 bits per heavy atom. The summed E-state index contributed by atoms with van der Waals surface area (Å²) in [6.07, 6.45) is 8.49. The third kappa shape index (κ3) is 6.24. The molecule has 2 fully saturated rings. The van der Waals surface area contributed by atoms with Gasteiger partial charge in [0, 0.05) is 44.4 Å². The van der Waals surface area contributed by atoms with Gasteiger partial charge in [-0.25, -0.2) is 8.42 Å². The molecule has 2 aliphatic rings. The van der Waals surface area contributed by atoms with Crippen LogP contribution in [0.15, 0.2) is 4.99 Å². The predicted octanol–water partition coefficient (Wildman–Crippen LogP) is 1.24. The molecule has 6 nitrogen and oxygen atoms in total. The van der Waals surface area contributed by atoms with Crippen LogP contribution in [0, 0.1) is 5.41 Å². The van der Waals surface area contributed by atoms with Gasteiger partial charge >= 0.3 is 0 Å². The van der Waals surface area contributed by atoms with Gasteiger partial charge in [0.2, 0.25) is 0 Å². The summed E-state index contributed by atoms with van der Waals surface area (Å²) >= 11 is 0. The molecule has 1 aliphatic carbocycles. The van der Waals surface area contributed by atoms with E-state index in [0.717, 1.165) is 37.9 Å². The van der Waals surface area contributed by atoms with Crippen LogP contribution in [-0.4, -0.2) is 70.6 Å². The predicted molar refractivity (Wildman–Crippen MR) is 100 cm³/mol. The molecule has 0 spiro atoms. The SMILES string of the molecule is CCC1CCCCN1CCNC(=NC)NCC1(CS(C)(=O)=O)CC1. The first-order valence-electron chi connectivity index (χ1n) is 9.24. The highest BCUT2D eigenvalue weighted by Crippen LogP contribution is 2.45. The van der Waals surface area contributed by atoms with Crippen molar-refractivity contribution in [2.24, 2.45) is 10.4 Å². The zero-order valence-electron chi connectivity index (χ0n) is 15.5. The van der Waals surface area contributed by atoms with Crippen LogP contribution in [-0.2, 0) is 9.84 Å².